The van der Waals surface area contributed by atoms with Crippen LogP contribution in [-0.2, 0) is 9.59 Å². The van der Waals surface area contributed by atoms with Crippen LogP contribution in [0, 0.1) is 0 Å². The number of hydrogen-bond donors (Lipinski definition) is 1. The highest BCUT2D eigenvalue weighted by Crippen LogP contribution is 2.32. The smallest absolute Gasteiger partial charge is 0.325 e. The molecule has 2 atom stereocenters. The number of urea groups is 1. The van der Waals surface area contributed by atoms with Crippen LogP contribution in [0.25, 0.3) is 0 Å². The summed E-state index contributed by atoms with van der Waals surface area (Å²) in [6.07, 6.45) is 7.14. The van der Waals surface area contributed by atoms with Gasteiger partial charge in [-0.25, -0.2) is 4.79 Å². The number of nitrogens with zero attached hydrogens (tertiary/aromatic N) is 2. The number of carbonyl (C=O) groups excluding carboxylic acids is 3. The minimum absolute atomic E-state index is 0.0926. The van der Waals surface area contributed by atoms with Crippen molar-refractivity contribution in [2.45, 2.75) is 96.7 Å². The number of rotatable bonds is 6. The zero-order valence-corrected chi connectivity index (χ0v) is 16.1. The fourth-order valence-electron chi connectivity index (χ4n) is 4.03. The first kappa shape index (κ1) is 19.7. The van der Waals surface area contributed by atoms with E-state index in [-0.39, 0.29) is 30.4 Å². The summed E-state index contributed by atoms with van der Waals surface area (Å²) in [7, 11) is 0. The highest BCUT2D eigenvalue weighted by Gasteiger charge is 2.51. The second-order valence-electron chi connectivity index (χ2n) is 7.63. The molecule has 0 bridgehead atoms. The number of amides is 4. The molecule has 1 saturated heterocycles. The Morgan fingerprint density at radius 1 is 1.08 bits per heavy atom. The third-order valence-electron chi connectivity index (χ3n) is 5.92. The van der Waals surface area contributed by atoms with Gasteiger partial charge in [0, 0.05) is 12.1 Å². The summed E-state index contributed by atoms with van der Waals surface area (Å²) >= 11 is 0. The maximum Gasteiger partial charge on any atom is 0.325 e. The normalized spacial score (nSPS) is 22.5. The molecule has 6 nitrogen and oxygen atoms in total. The van der Waals surface area contributed by atoms with E-state index < -0.39 is 11.6 Å². The molecule has 4 amide bonds. The highest BCUT2D eigenvalue weighted by atomic mass is 16.2. The molecule has 2 fully saturated rings. The minimum atomic E-state index is -0.772. The zero-order chi connectivity index (χ0) is 18.6. The third kappa shape index (κ3) is 3.98. The molecule has 0 aromatic carbocycles. The van der Waals surface area contributed by atoms with Crippen molar-refractivity contribution in [2.24, 2.45) is 0 Å². The molecule has 0 radical (unpaired) electrons. The summed E-state index contributed by atoms with van der Waals surface area (Å²) in [6.45, 7) is 7.97. The van der Waals surface area contributed by atoms with Crippen molar-refractivity contribution in [3.8, 4) is 0 Å². The lowest BCUT2D eigenvalue weighted by atomic mass is 9.90. The number of carbonyl (C=O) groups is 3. The SMILES string of the molecule is CC[C@@H](C)N(C(=O)CN1C(=O)NC2(CCCCCC2)C1=O)[C@H](C)CC. The van der Waals surface area contributed by atoms with E-state index in [1.807, 2.05) is 32.6 Å². The van der Waals surface area contributed by atoms with Gasteiger partial charge in [0.25, 0.3) is 5.91 Å². The van der Waals surface area contributed by atoms with Gasteiger partial charge in [-0.15, -0.1) is 0 Å². The zero-order valence-electron chi connectivity index (χ0n) is 16.1. The first-order chi connectivity index (χ1) is 11.9. The van der Waals surface area contributed by atoms with Crippen molar-refractivity contribution in [3.63, 3.8) is 0 Å². The summed E-state index contributed by atoms with van der Waals surface area (Å²) in [5.74, 6) is -0.348. The first-order valence-electron chi connectivity index (χ1n) is 9.81. The van der Waals surface area contributed by atoms with Crippen molar-refractivity contribution in [1.82, 2.24) is 15.1 Å². The van der Waals surface area contributed by atoms with Crippen LogP contribution in [0.15, 0.2) is 0 Å². The van der Waals surface area contributed by atoms with Crippen LogP contribution < -0.4 is 5.32 Å². The van der Waals surface area contributed by atoms with Crippen molar-refractivity contribution < 1.29 is 14.4 Å². The van der Waals surface area contributed by atoms with E-state index in [0.29, 0.717) is 12.8 Å². The molecule has 0 aromatic rings. The van der Waals surface area contributed by atoms with Crippen LogP contribution >= 0.6 is 0 Å². The van der Waals surface area contributed by atoms with E-state index in [2.05, 4.69) is 5.32 Å². The Balaban J connectivity index is 2.14. The van der Waals surface area contributed by atoms with Gasteiger partial charge in [0.2, 0.25) is 5.91 Å². The van der Waals surface area contributed by atoms with Crippen LogP contribution in [0.1, 0.15) is 79.1 Å². The lowest BCUT2D eigenvalue weighted by Crippen LogP contribution is -2.50. The van der Waals surface area contributed by atoms with Crippen LogP contribution in [0.5, 0.6) is 0 Å². The maximum atomic E-state index is 13.0. The lowest BCUT2D eigenvalue weighted by Gasteiger charge is -2.35. The first-order valence-corrected chi connectivity index (χ1v) is 9.81. The van der Waals surface area contributed by atoms with Gasteiger partial charge in [-0.1, -0.05) is 39.5 Å². The predicted octanol–water partition coefficient (Wildman–Crippen LogP) is 3.06. The number of hydrogen-bond acceptors (Lipinski definition) is 3. The quantitative estimate of drug-likeness (QED) is 0.748. The van der Waals surface area contributed by atoms with Gasteiger partial charge in [0.05, 0.1) is 0 Å². The fraction of sp³-hybridized carbons (Fsp3) is 0.842. The van der Waals surface area contributed by atoms with E-state index in [1.54, 1.807) is 0 Å². The van der Waals surface area contributed by atoms with Gasteiger partial charge >= 0.3 is 6.03 Å². The lowest BCUT2D eigenvalue weighted by molar-refractivity contribution is -0.142. The van der Waals surface area contributed by atoms with Crippen molar-refractivity contribution >= 4 is 17.8 Å². The van der Waals surface area contributed by atoms with Crippen molar-refractivity contribution in [1.29, 1.82) is 0 Å². The van der Waals surface area contributed by atoms with Crippen molar-refractivity contribution in [3.05, 3.63) is 0 Å². The molecule has 25 heavy (non-hydrogen) atoms. The molecule has 1 heterocycles. The molecule has 1 saturated carbocycles. The Morgan fingerprint density at radius 2 is 1.60 bits per heavy atom. The largest absolute Gasteiger partial charge is 0.336 e. The van der Waals surface area contributed by atoms with E-state index in [4.69, 9.17) is 0 Å². The molecule has 142 valence electrons. The fourth-order valence-corrected chi connectivity index (χ4v) is 4.03. The summed E-state index contributed by atoms with van der Waals surface area (Å²) in [4.78, 5) is 41.2. The van der Waals surface area contributed by atoms with E-state index in [9.17, 15) is 14.4 Å². The van der Waals surface area contributed by atoms with Gasteiger partial charge in [0.15, 0.2) is 0 Å². The van der Waals surface area contributed by atoms with E-state index >= 15 is 0 Å². The highest BCUT2D eigenvalue weighted by molar-refractivity contribution is 6.09. The molecule has 0 unspecified atom stereocenters. The second kappa shape index (κ2) is 8.19. The van der Waals surface area contributed by atoms with Crippen LogP contribution in [0.2, 0.25) is 0 Å². The molecular weight excluding hydrogens is 318 g/mol. The Kier molecular flexibility index (Phi) is 6.47. The Bertz CT molecular complexity index is 502. The van der Waals surface area contributed by atoms with Gasteiger partial charge in [0.1, 0.15) is 12.1 Å². The predicted molar refractivity (Wildman–Crippen MR) is 97.0 cm³/mol. The molecule has 0 aromatic heterocycles. The van der Waals surface area contributed by atoms with Gasteiger partial charge in [-0.3, -0.25) is 14.5 Å². The molecule has 1 N–H and O–H groups in total. The van der Waals surface area contributed by atoms with Crippen LogP contribution in [0.4, 0.5) is 4.79 Å². The average molecular weight is 351 g/mol. The average Bonchev–Trinajstić information content (AvgIpc) is 2.77. The topological polar surface area (TPSA) is 69.7 Å². The molecule has 1 aliphatic heterocycles. The molecule has 2 aliphatic rings. The Morgan fingerprint density at radius 3 is 2.08 bits per heavy atom. The number of nitrogens with one attached hydrogen (secondary N) is 1. The molecule has 1 spiro atoms. The summed E-state index contributed by atoms with van der Waals surface area (Å²) in [5, 5.41) is 2.91. The second-order valence-corrected chi connectivity index (χ2v) is 7.63. The van der Waals surface area contributed by atoms with Crippen molar-refractivity contribution in [2.75, 3.05) is 6.54 Å². The van der Waals surface area contributed by atoms with Gasteiger partial charge < -0.3 is 10.2 Å². The summed E-state index contributed by atoms with van der Waals surface area (Å²) in [5.41, 5.74) is -0.772. The summed E-state index contributed by atoms with van der Waals surface area (Å²) in [6, 6.07) is -0.224. The molecule has 2 rings (SSSR count). The molecule has 6 heteroatoms. The van der Waals surface area contributed by atoms with Crippen LogP contribution in [0.3, 0.4) is 0 Å². The Labute approximate surface area is 151 Å². The van der Waals surface area contributed by atoms with E-state index in [0.717, 1.165) is 43.4 Å². The third-order valence-corrected chi connectivity index (χ3v) is 5.92. The van der Waals surface area contributed by atoms with Gasteiger partial charge in [-0.2, -0.15) is 0 Å². The maximum absolute atomic E-state index is 13.0. The Hall–Kier alpha value is -1.59. The molecular formula is C19H33N3O3. The van der Waals surface area contributed by atoms with Gasteiger partial charge in [-0.05, 0) is 39.5 Å². The molecule has 1 aliphatic carbocycles. The standard InChI is InChI=1S/C19H33N3O3/c1-5-14(3)22(15(4)6-2)16(23)13-21-17(24)19(20-18(21)25)11-9-7-8-10-12-19/h14-15H,5-13H2,1-4H3,(H,20,25)/t14-,15-/m1/s1. The van der Waals surface area contributed by atoms with Crippen LogP contribution in [-0.4, -0.2) is 51.8 Å². The monoisotopic (exact) mass is 351 g/mol. The minimum Gasteiger partial charge on any atom is -0.336 e. The number of imide groups is 1. The van der Waals surface area contributed by atoms with E-state index in [1.165, 1.54) is 0 Å². The summed E-state index contributed by atoms with van der Waals surface area (Å²) < 4.78 is 0.